The van der Waals surface area contributed by atoms with Gasteiger partial charge in [-0.3, -0.25) is 4.90 Å². The first-order valence-corrected chi connectivity index (χ1v) is 10.4. The summed E-state index contributed by atoms with van der Waals surface area (Å²) in [6.07, 6.45) is 4.14. The first kappa shape index (κ1) is 19.3. The molecule has 0 radical (unpaired) electrons. The van der Waals surface area contributed by atoms with Gasteiger partial charge in [-0.2, -0.15) is 5.26 Å². The molecule has 1 saturated heterocycles. The van der Waals surface area contributed by atoms with E-state index in [9.17, 15) is 5.26 Å². The van der Waals surface area contributed by atoms with Crippen molar-refractivity contribution in [3.63, 3.8) is 0 Å². The fourth-order valence-corrected chi connectivity index (χ4v) is 4.91. The van der Waals surface area contributed by atoms with E-state index >= 15 is 0 Å². The molecule has 4 unspecified atom stereocenters. The normalized spacial score (nSPS) is 28.0. The molecular weight excluding hydrogens is 370 g/mol. The molecule has 146 valence electrons. The summed E-state index contributed by atoms with van der Waals surface area (Å²) in [6.45, 7) is 1.95. The monoisotopic (exact) mass is 395 g/mol. The standard InChI is InChI=1S/C23H26ClN3O/c24-20-10-4-8-17(14-25)23(20)28-22-13-18(16-6-2-1-3-7-16)12-21(22)27-11-5-9-19(26)15-27/h1-4,6-8,10,18-19,21-22H,5,9,11-13,15,26H2. The third kappa shape index (κ3) is 4.03. The number of rotatable bonds is 4. The van der Waals surface area contributed by atoms with E-state index in [2.05, 4.69) is 41.3 Å². The van der Waals surface area contributed by atoms with Crippen molar-refractivity contribution in [2.24, 2.45) is 5.73 Å². The molecule has 4 nitrogen and oxygen atoms in total. The number of piperidine rings is 1. The van der Waals surface area contributed by atoms with Crippen LogP contribution in [-0.2, 0) is 0 Å². The topological polar surface area (TPSA) is 62.3 Å². The number of likely N-dealkylation sites (tertiary alicyclic amines) is 1. The summed E-state index contributed by atoms with van der Waals surface area (Å²) in [5, 5.41) is 9.98. The van der Waals surface area contributed by atoms with Crippen LogP contribution < -0.4 is 10.5 Å². The lowest BCUT2D eigenvalue weighted by molar-refractivity contribution is 0.0681. The lowest BCUT2D eigenvalue weighted by atomic mass is 9.97. The fraction of sp³-hybridized carbons (Fsp3) is 0.435. The summed E-state index contributed by atoms with van der Waals surface area (Å²) in [7, 11) is 0. The van der Waals surface area contributed by atoms with E-state index in [0.717, 1.165) is 38.8 Å². The van der Waals surface area contributed by atoms with Crippen molar-refractivity contribution in [1.82, 2.24) is 4.90 Å². The zero-order valence-corrected chi connectivity index (χ0v) is 16.7. The third-order valence-electron chi connectivity index (χ3n) is 6.06. The largest absolute Gasteiger partial charge is 0.486 e. The molecule has 1 aliphatic carbocycles. The van der Waals surface area contributed by atoms with E-state index < -0.39 is 0 Å². The van der Waals surface area contributed by atoms with Crippen LogP contribution in [0.15, 0.2) is 48.5 Å². The van der Waals surface area contributed by atoms with Crippen molar-refractivity contribution in [1.29, 1.82) is 5.26 Å². The molecule has 4 rings (SSSR count). The second-order valence-electron chi connectivity index (χ2n) is 7.93. The molecule has 0 spiro atoms. The van der Waals surface area contributed by atoms with Crippen LogP contribution in [-0.4, -0.2) is 36.2 Å². The van der Waals surface area contributed by atoms with Gasteiger partial charge in [0.05, 0.1) is 10.6 Å². The Balaban J connectivity index is 1.61. The molecule has 2 fully saturated rings. The predicted octanol–water partition coefficient (Wildman–Crippen LogP) is 4.33. The Morgan fingerprint density at radius 3 is 2.68 bits per heavy atom. The minimum absolute atomic E-state index is 0.0116. The van der Waals surface area contributed by atoms with Crippen LogP contribution in [0, 0.1) is 11.3 Å². The van der Waals surface area contributed by atoms with Crippen molar-refractivity contribution < 1.29 is 4.74 Å². The van der Waals surface area contributed by atoms with Gasteiger partial charge in [-0.15, -0.1) is 0 Å². The Kier molecular flexibility index (Phi) is 5.87. The number of halogens is 1. The molecule has 0 amide bonds. The SMILES string of the molecule is N#Cc1cccc(Cl)c1OC1CC(c2ccccc2)CC1N1CCCC(N)C1. The van der Waals surface area contributed by atoms with Crippen molar-refractivity contribution in [2.75, 3.05) is 13.1 Å². The Bertz CT molecular complexity index is 851. The van der Waals surface area contributed by atoms with Gasteiger partial charge in [0.1, 0.15) is 12.2 Å². The maximum absolute atomic E-state index is 9.48. The highest BCUT2D eigenvalue weighted by molar-refractivity contribution is 6.32. The molecule has 2 aromatic rings. The maximum atomic E-state index is 9.48. The van der Waals surface area contributed by atoms with Gasteiger partial charge in [0.2, 0.25) is 0 Å². The lowest BCUT2D eigenvalue weighted by Gasteiger charge is -2.38. The van der Waals surface area contributed by atoms with Gasteiger partial charge >= 0.3 is 0 Å². The second kappa shape index (κ2) is 8.53. The molecular formula is C23H26ClN3O. The molecule has 28 heavy (non-hydrogen) atoms. The number of para-hydroxylation sites is 1. The van der Waals surface area contributed by atoms with Gasteiger partial charge in [-0.05, 0) is 55.8 Å². The van der Waals surface area contributed by atoms with Crippen LogP contribution in [0.3, 0.4) is 0 Å². The van der Waals surface area contributed by atoms with Crippen molar-refractivity contribution in [2.45, 2.75) is 49.8 Å². The molecule has 2 N–H and O–H groups in total. The van der Waals surface area contributed by atoms with Gasteiger partial charge in [0.15, 0.2) is 5.75 Å². The molecule has 4 atom stereocenters. The average Bonchev–Trinajstić information content (AvgIpc) is 3.14. The molecule has 1 saturated carbocycles. The van der Waals surface area contributed by atoms with Crippen molar-refractivity contribution in [3.8, 4) is 11.8 Å². The van der Waals surface area contributed by atoms with Gasteiger partial charge < -0.3 is 10.5 Å². The van der Waals surface area contributed by atoms with Crippen LogP contribution in [0.4, 0.5) is 0 Å². The molecule has 0 aromatic heterocycles. The zero-order chi connectivity index (χ0) is 19.5. The first-order chi connectivity index (χ1) is 13.7. The van der Waals surface area contributed by atoms with E-state index in [1.54, 1.807) is 18.2 Å². The van der Waals surface area contributed by atoms with E-state index in [1.165, 1.54) is 5.56 Å². The van der Waals surface area contributed by atoms with E-state index in [1.807, 2.05) is 0 Å². The number of benzene rings is 2. The molecule has 0 bridgehead atoms. The Morgan fingerprint density at radius 2 is 1.93 bits per heavy atom. The second-order valence-corrected chi connectivity index (χ2v) is 8.34. The van der Waals surface area contributed by atoms with E-state index in [4.69, 9.17) is 22.1 Å². The lowest BCUT2D eigenvalue weighted by Crippen LogP contribution is -2.51. The predicted molar refractivity (Wildman–Crippen MR) is 112 cm³/mol. The van der Waals surface area contributed by atoms with Gasteiger partial charge in [0.25, 0.3) is 0 Å². The summed E-state index contributed by atoms with van der Waals surface area (Å²) < 4.78 is 6.44. The summed E-state index contributed by atoms with van der Waals surface area (Å²) in [5.74, 6) is 0.944. The molecule has 2 aromatic carbocycles. The fourth-order valence-electron chi connectivity index (χ4n) is 4.69. The number of hydrogen-bond donors (Lipinski definition) is 1. The minimum Gasteiger partial charge on any atom is -0.486 e. The van der Waals surface area contributed by atoms with Crippen LogP contribution in [0.25, 0.3) is 0 Å². The number of nitrogens with two attached hydrogens (primary N) is 1. The summed E-state index contributed by atoms with van der Waals surface area (Å²) in [5.41, 5.74) is 8.10. The average molecular weight is 396 g/mol. The van der Waals surface area contributed by atoms with Crippen molar-refractivity contribution >= 4 is 11.6 Å². The molecule has 1 aliphatic heterocycles. The Morgan fingerprint density at radius 1 is 1.11 bits per heavy atom. The van der Waals surface area contributed by atoms with Crippen LogP contribution in [0.2, 0.25) is 5.02 Å². The molecule has 5 heteroatoms. The molecule has 2 aliphatic rings. The van der Waals surface area contributed by atoms with Crippen LogP contribution >= 0.6 is 11.6 Å². The number of nitriles is 1. The van der Waals surface area contributed by atoms with Gasteiger partial charge in [0, 0.05) is 18.6 Å². The summed E-state index contributed by atoms with van der Waals surface area (Å²) >= 11 is 6.39. The summed E-state index contributed by atoms with van der Waals surface area (Å²) in [6, 6.07) is 18.7. The summed E-state index contributed by atoms with van der Waals surface area (Å²) in [4.78, 5) is 2.49. The van der Waals surface area contributed by atoms with E-state index in [-0.39, 0.29) is 18.2 Å². The smallest absolute Gasteiger partial charge is 0.156 e. The number of hydrogen-bond acceptors (Lipinski definition) is 4. The highest BCUT2D eigenvalue weighted by Gasteiger charge is 2.41. The molecule has 1 heterocycles. The van der Waals surface area contributed by atoms with Crippen LogP contribution in [0.5, 0.6) is 5.75 Å². The van der Waals surface area contributed by atoms with E-state index in [0.29, 0.717) is 22.3 Å². The maximum Gasteiger partial charge on any atom is 0.156 e. The number of nitrogens with zero attached hydrogens (tertiary/aromatic N) is 2. The zero-order valence-electron chi connectivity index (χ0n) is 15.9. The Hall–Kier alpha value is -2.06. The minimum atomic E-state index is -0.0116. The number of ether oxygens (including phenoxy) is 1. The quantitative estimate of drug-likeness (QED) is 0.836. The highest BCUT2D eigenvalue weighted by Crippen LogP contribution is 2.41. The highest BCUT2D eigenvalue weighted by atomic mass is 35.5. The van der Waals surface area contributed by atoms with Gasteiger partial charge in [-0.1, -0.05) is 48.0 Å². The third-order valence-corrected chi connectivity index (χ3v) is 6.36. The van der Waals surface area contributed by atoms with Crippen molar-refractivity contribution in [3.05, 3.63) is 64.7 Å². The van der Waals surface area contributed by atoms with Crippen LogP contribution in [0.1, 0.15) is 42.7 Å². The Labute approximate surface area is 171 Å². The van der Waals surface area contributed by atoms with Gasteiger partial charge in [-0.25, -0.2) is 0 Å². The first-order valence-electron chi connectivity index (χ1n) is 10.1.